The first-order chi connectivity index (χ1) is 12.4. The molecule has 2 N–H and O–H groups in total. The number of hydrogen-bond donors (Lipinski definition) is 2. The fourth-order valence-electron chi connectivity index (χ4n) is 3.15. The van der Waals surface area contributed by atoms with Crippen LogP contribution in [0.2, 0.25) is 5.02 Å². The Morgan fingerprint density at radius 3 is 2.35 bits per heavy atom. The van der Waals surface area contributed by atoms with Gasteiger partial charge in [0, 0.05) is 18.9 Å². The Labute approximate surface area is 154 Å². The summed E-state index contributed by atoms with van der Waals surface area (Å²) in [6.45, 7) is 0.840. The van der Waals surface area contributed by atoms with E-state index in [1.165, 1.54) is 30.3 Å². The summed E-state index contributed by atoms with van der Waals surface area (Å²) in [5.74, 6) is -1.76. The standard InChI is InChI=1S/C19H17ClFNO4/c20-16-11-14(5-6-15(16)17(23)24)22-18(25)19(7-9-26-10-8-19)12-1-3-13(21)4-2-12/h1-6,11H,7-10H2,(H,22,25)(H,23,24). The predicted molar refractivity (Wildman–Crippen MR) is 95.2 cm³/mol. The number of aromatic carboxylic acids is 1. The van der Waals surface area contributed by atoms with E-state index >= 15 is 0 Å². The summed E-state index contributed by atoms with van der Waals surface area (Å²) in [5, 5.41) is 11.9. The van der Waals surface area contributed by atoms with E-state index in [9.17, 15) is 14.0 Å². The Balaban J connectivity index is 1.90. The largest absolute Gasteiger partial charge is 0.478 e. The van der Waals surface area contributed by atoms with Gasteiger partial charge in [0.05, 0.1) is 16.0 Å². The lowest BCUT2D eigenvalue weighted by Gasteiger charge is -2.36. The summed E-state index contributed by atoms with van der Waals surface area (Å²) in [5.41, 5.74) is 0.235. The van der Waals surface area contributed by atoms with Crippen molar-refractivity contribution in [3.05, 3.63) is 64.4 Å². The highest BCUT2D eigenvalue weighted by molar-refractivity contribution is 6.33. The average Bonchev–Trinajstić information content (AvgIpc) is 2.62. The summed E-state index contributed by atoms with van der Waals surface area (Å²) >= 11 is 5.97. The van der Waals surface area contributed by atoms with Crippen molar-refractivity contribution in [1.82, 2.24) is 0 Å². The Bertz CT molecular complexity index is 832. The SMILES string of the molecule is O=C(O)c1ccc(NC(=O)C2(c3ccc(F)cc3)CCOCC2)cc1Cl. The van der Waals surface area contributed by atoms with Crippen molar-refractivity contribution in [2.24, 2.45) is 0 Å². The van der Waals surface area contributed by atoms with E-state index in [1.807, 2.05) is 0 Å². The van der Waals surface area contributed by atoms with Crippen LogP contribution in [0.4, 0.5) is 10.1 Å². The van der Waals surface area contributed by atoms with Crippen LogP contribution < -0.4 is 5.32 Å². The molecule has 26 heavy (non-hydrogen) atoms. The minimum absolute atomic E-state index is 0.0380. The molecule has 0 unspecified atom stereocenters. The van der Waals surface area contributed by atoms with Gasteiger partial charge in [-0.3, -0.25) is 4.79 Å². The number of anilines is 1. The average molecular weight is 378 g/mol. The molecule has 0 aliphatic carbocycles. The number of carbonyl (C=O) groups excluding carboxylic acids is 1. The minimum Gasteiger partial charge on any atom is -0.478 e. The van der Waals surface area contributed by atoms with Crippen molar-refractivity contribution in [1.29, 1.82) is 0 Å². The lowest BCUT2D eigenvalue weighted by atomic mass is 9.73. The number of halogens is 2. The van der Waals surface area contributed by atoms with Crippen LogP contribution in [0.1, 0.15) is 28.8 Å². The van der Waals surface area contributed by atoms with E-state index in [2.05, 4.69) is 5.32 Å². The fraction of sp³-hybridized carbons (Fsp3) is 0.263. The number of carboxylic acid groups (broad SMARTS) is 1. The molecule has 0 radical (unpaired) electrons. The van der Waals surface area contributed by atoms with E-state index < -0.39 is 11.4 Å². The van der Waals surface area contributed by atoms with Crippen molar-refractivity contribution in [3.63, 3.8) is 0 Å². The van der Waals surface area contributed by atoms with Crippen LogP contribution >= 0.6 is 11.6 Å². The van der Waals surface area contributed by atoms with Gasteiger partial charge in [-0.15, -0.1) is 0 Å². The van der Waals surface area contributed by atoms with Gasteiger partial charge >= 0.3 is 5.97 Å². The highest BCUT2D eigenvalue weighted by Gasteiger charge is 2.41. The van der Waals surface area contributed by atoms with Crippen molar-refractivity contribution in [2.45, 2.75) is 18.3 Å². The molecule has 0 saturated carbocycles. The van der Waals surface area contributed by atoms with Crippen LogP contribution in [0.15, 0.2) is 42.5 Å². The van der Waals surface area contributed by atoms with Crippen LogP contribution in [0.5, 0.6) is 0 Å². The second kappa shape index (κ2) is 7.43. The van der Waals surface area contributed by atoms with E-state index in [0.717, 1.165) is 0 Å². The summed E-state index contributed by atoms with van der Waals surface area (Å²) < 4.78 is 18.7. The number of amides is 1. The van der Waals surface area contributed by atoms with Crippen molar-refractivity contribution in [3.8, 4) is 0 Å². The third kappa shape index (κ3) is 3.57. The van der Waals surface area contributed by atoms with Gasteiger partial charge in [0.25, 0.3) is 0 Å². The lowest BCUT2D eigenvalue weighted by Crippen LogP contribution is -2.44. The molecule has 1 heterocycles. The fourth-order valence-corrected chi connectivity index (χ4v) is 3.41. The van der Waals surface area contributed by atoms with Gasteiger partial charge in [-0.1, -0.05) is 23.7 Å². The van der Waals surface area contributed by atoms with Crippen molar-refractivity contribution < 1.29 is 23.8 Å². The Morgan fingerprint density at radius 2 is 1.77 bits per heavy atom. The number of rotatable bonds is 4. The zero-order valence-electron chi connectivity index (χ0n) is 13.8. The van der Waals surface area contributed by atoms with Crippen molar-refractivity contribution in [2.75, 3.05) is 18.5 Å². The first kappa shape index (κ1) is 18.4. The molecule has 2 aromatic carbocycles. The maximum Gasteiger partial charge on any atom is 0.337 e. The maximum absolute atomic E-state index is 13.3. The quantitative estimate of drug-likeness (QED) is 0.848. The van der Waals surface area contributed by atoms with E-state index in [0.29, 0.717) is 37.3 Å². The maximum atomic E-state index is 13.3. The van der Waals surface area contributed by atoms with Gasteiger partial charge in [-0.05, 0) is 48.7 Å². The molecule has 2 aromatic rings. The number of carbonyl (C=O) groups is 2. The summed E-state index contributed by atoms with van der Waals surface area (Å²) in [7, 11) is 0. The monoisotopic (exact) mass is 377 g/mol. The molecule has 1 fully saturated rings. The molecule has 0 atom stereocenters. The topological polar surface area (TPSA) is 75.6 Å². The Kier molecular flexibility index (Phi) is 5.25. The molecule has 0 spiro atoms. The van der Waals surface area contributed by atoms with Crippen LogP contribution in [0, 0.1) is 5.82 Å². The van der Waals surface area contributed by atoms with Gasteiger partial charge in [-0.2, -0.15) is 0 Å². The normalized spacial score (nSPS) is 16.1. The third-order valence-corrected chi connectivity index (χ3v) is 4.95. The lowest BCUT2D eigenvalue weighted by molar-refractivity contribution is -0.125. The van der Waals surface area contributed by atoms with Gasteiger partial charge in [0.1, 0.15) is 5.82 Å². The number of hydrogen-bond acceptors (Lipinski definition) is 3. The molecule has 0 bridgehead atoms. The van der Waals surface area contributed by atoms with E-state index in [1.54, 1.807) is 12.1 Å². The summed E-state index contributed by atoms with van der Waals surface area (Å²) in [4.78, 5) is 24.1. The molecule has 1 aliphatic rings. The number of carboxylic acids is 1. The second-order valence-corrected chi connectivity index (χ2v) is 6.56. The van der Waals surface area contributed by atoms with Crippen LogP contribution in [-0.4, -0.2) is 30.2 Å². The highest BCUT2D eigenvalue weighted by Crippen LogP contribution is 2.36. The van der Waals surface area contributed by atoms with Gasteiger partial charge < -0.3 is 15.2 Å². The van der Waals surface area contributed by atoms with Gasteiger partial charge in [0.2, 0.25) is 5.91 Å². The summed E-state index contributed by atoms with van der Waals surface area (Å²) in [6, 6.07) is 10.1. The molecular weight excluding hydrogens is 361 g/mol. The van der Waals surface area contributed by atoms with Gasteiger partial charge in [-0.25, -0.2) is 9.18 Å². The summed E-state index contributed by atoms with van der Waals surface area (Å²) in [6.07, 6.45) is 0.927. The molecule has 7 heteroatoms. The molecule has 3 rings (SSSR count). The minimum atomic E-state index is -1.14. The van der Waals surface area contributed by atoms with Crippen LogP contribution in [0.3, 0.4) is 0 Å². The first-order valence-corrected chi connectivity index (χ1v) is 8.48. The van der Waals surface area contributed by atoms with E-state index in [4.69, 9.17) is 21.4 Å². The Morgan fingerprint density at radius 1 is 1.12 bits per heavy atom. The Hall–Kier alpha value is -2.44. The first-order valence-electron chi connectivity index (χ1n) is 8.10. The molecule has 1 aliphatic heterocycles. The van der Waals surface area contributed by atoms with Crippen LogP contribution in [-0.2, 0) is 14.9 Å². The molecule has 136 valence electrons. The molecule has 0 aromatic heterocycles. The van der Waals surface area contributed by atoms with Gasteiger partial charge in [0.15, 0.2) is 0 Å². The predicted octanol–water partition coefficient (Wildman–Crippen LogP) is 3.86. The molecule has 1 saturated heterocycles. The van der Waals surface area contributed by atoms with Crippen molar-refractivity contribution >= 4 is 29.2 Å². The number of nitrogens with one attached hydrogen (secondary N) is 1. The number of ether oxygens (including phenoxy) is 1. The van der Waals surface area contributed by atoms with Crippen LogP contribution in [0.25, 0.3) is 0 Å². The second-order valence-electron chi connectivity index (χ2n) is 6.16. The molecule has 1 amide bonds. The molecule has 5 nitrogen and oxygen atoms in total. The number of benzene rings is 2. The smallest absolute Gasteiger partial charge is 0.337 e. The third-order valence-electron chi connectivity index (χ3n) is 4.64. The highest BCUT2D eigenvalue weighted by atomic mass is 35.5. The zero-order chi connectivity index (χ0) is 18.7. The zero-order valence-corrected chi connectivity index (χ0v) is 14.6. The molecular formula is C19H17ClFNO4. The van der Waals surface area contributed by atoms with E-state index in [-0.39, 0.29) is 22.3 Å².